The quantitative estimate of drug-likeness (QED) is 0.583. The lowest BCUT2D eigenvalue weighted by Crippen LogP contribution is -2.31. The van der Waals surface area contributed by atoms with Crippen molar-refractivity contribution in [2.24, 2.45) is 0 Å². The zero-order valence-corrected chi connectivity index (χ0v) is 10.1. The Hall–Kier alpha value is -1.18. The number of nitrogens with one attached hydrogen (secondary N) is 2. The lowest BCUT2D eigenvalue weighted by molar-refractivity contribution is 0.0650. The van der Waals surface area contributed by atoms with Crippen molar-refractivity contribution in [1.82, 2.24) is 10.3 Å². The number of ether oxygens (including phenoxy) is 2. The fourth-order valence-electron chi connectivity index (χ4n) is 0.884. The van der Waals surface area contributed by atoms with E-state index in [-0.39, 0.29) is 12.8 Å². The van der Waals surface area contributed by atoms with Crippen LogP contribution in [0.25, 0.3) is 0 Å². The second-order valence-electron chi connectivity index (χ2n) is 2.97. The Morgan fingerprint density at radius 2 is 2.38 bits per heavy atom. The van der Waals surface area contributed by atoms with Gasteiger partial charge in [-0.1, -0.05) is 0 Å². The van der Waals surface area contributed by atoms with Crippen LogP contribution in [0, 0.1) is 6.92 Å². The lowest BCUT2D eigenvalue weighted by Gasteiger charge is -2.05. The maximum absolute atomic E-state index is 11.3. The molecule has 1 aromatic heterocycles. The van der Waals surface area contributed by atoms with Crippen LogP contribution in [0.1, 0.15) is 5.69 Å². The minimum Gasteiger partial charge on any atom is -0.382 e. The first kappa shape index (κ1) is 12.9. The van der Waals surface area contributed by atoms with Gasteiger partial charge in [0, 0.05) is 12.5 Å². The van der Waals surface area contributed by atoms with E-state index in [9.17, 15) is 4.79 Å². The van der Waals surface area contributed by atoms with Crippen LogP contribution >= 0.6 is 11.3 Å². The molecular weight excluding hydrogens is 230 g/mol. The molecule has 0 spiro atoms. The van der Waals surface area contributed by atoms with Crippen LogP contribution in [0.4, 0.5) is 9.93 Å². The molecular formula is C9H15N3O3S. The van der Waals surface area contributed by atoms with Gasteiger partial charge in [-0.3, -0.25) is 5.32 Å². The van der Waals surface area contributed by atoms with Gasteiger partial charge in [0.05, 0.1) is 18.9 Å². The Labute approximate surface area is 98.0 Å². The highest BCUT2D eigenvalue weighted by molar-refractivity contribution is 7.13. The average Bonchev–Trinajstić information content (AvgIpc) is 2.63. The molecule has 0 fully saturated rings. The third-order valence-corrected chi connectivity index (χ3v) is 2.48. The van der Waals surface area contributed by atoms with Gasteiger partial charge in [0.2, 0.25) is 0 Å². The Balaban J connectivity index is 2.11. The molecule has 0 radical (unpaired) electrons. The number of thiazole rings is 1. The molecule has 0 atom stereocenters. The summed E-state index contributed by atoms with van der Waals surface area (Å²) in [6.45, 7) is 2.98. The molecule has 1 rings (SSSR count). The molecule has 0 saturated heterocycles. The molecule has 7 heteroatoms. The van der Waals surface area contributed by atoms with Crippen molar-refractivity contribution in [2.75, 3.05) is 32.4 Å². The van der Waals surface area contributed by atoms with Crippen molar-refractivity contribution in [3.05, 3.63) is 11.1 Å². The van der Waals surface area contributed by atoms with E-state index in [1.54, 1.807) is 7.11 Å². The highest BCUT2D eigenvalue weighted by Gasteiger charge is 2.03. The van der Waals surface area contributed by atoms with E-state index in [2.05, 4.69) is 15.6 Å². The van der Waals surface area contributed by atoms with Gasteiger partial charge in [-0.25, -0.2) is 9.78 Å². The van der Waals surface area contributed by atoms with Gasteiger partial charge < -0.3 is 14.8 Å². The second-order valence-corrected chi connectivity index (χ2v) is 3.83. The van der Waals surface area contributed by atoms with Crippen molar-refractivity contribution >= 4 is 22.5 Å². The summed E-state index contributed by atoms with van der Waals surface area (Å²) >= 11 is 1.38. The van der Waals surface area contributed by atoms with E-state index in [1.807, 2.05) is 12.3 Å². The number of aryl methyl sites for hydroxylation is 1. The van der Waals surface area contributed by atoms with Crippen molar-refractivity contribution in [1.29, 1.82) is 0 Å². The molecule has 0 aliphatic rings. The molecule has 90 valence electrons. The molecule has 6 nitrogen and oxygen atoms in total. The minimum atomic E-state index is -0.327. The summed E-state index contributed by atoms with van der Waals surface area (Å²) in [5.74, 6) is 0. The Kier molecular flexibility index (Phi) is 5.76. The Morgan fingerprint density at radius 3 is 3.00 bits per heavy atom. The summed E-state index contributed by atoms with van der Waals surface area (Å²) in [5.41, 5.74) is 0.886. The molecule has 0 saturated carbocycles. The van der Waals surface area contributed by atoms with Crippen molar-refractivity contribution in [2.45, 2.75) is 6.92 Å². The number of methoxy groups -OCH3 is 1. The van der Waals surface area contributed by atoms with Crippen LogP contribution in [0.3, 0.4) is 0 Å². The Bertz CT molecular complexity index is 330. The van der Waals surface area contributed by atoms with E-state index in [1.165, 1.54) is 11.3 Å². The number of hydrogen-bond donors (Lipinski definition) is 2. The van der Waals surface area contributed by atoms with E-state index >= 15 is 0 Å². The van der Waals surface area contributed by atoms with Crippen LogP contribution in [0.15, 0.2) is 5.38 Å². The second kappa shape index (κ2) is 7.15. The fourth-order valence-corrected chi connectivity index (χ4v) is 1.57. The average molecular weight is 245 g/mol. The molecule has 0 aromatic carbocycles. The molecule has 2 amide bonds. The molecule has 1 aromatic rings. The standard InChI is InChI=1S/C9H15N3O3S/c1-7-5-16-9(11-7)12-8(13)10-6-15-4-3-14-2/h5H,3-4,6H2,1-2H3,(H2,10,11,12,13). The molecule has 1 heterocycles. The molecule has 0 bridgehead atoms. The molecule has 16 heavy (non-hydrogen) atoms. The molecule has 0 aliphatic heterocycles. The third-order valence-electron chi connectivity index (χ3n) is 1.61. The van der Waals surface area contributed by atoms with Crippen molar-refractivity contribution in [3.63, 3.8) is 0 Å². The third kappa shape index (κ3) is 5.06. The van der Waals surface area contributed by atoms with Crippen LogP contribution in [-0.2, 0) is 9.47 Å². The van der Waals surface area contributed by atoms with Gasteiger partial charge >= 0.3 is 6.03 Å². The number of hydrogen-bond acceptors (Lipinski definition) is 5. The molecule has 0 aliphatic carbocycles. The van der Waals surface area contributed by atoms with Crippen LogP contribution in [-0.4, -0.2) is 38.1 Å². The number of nitrogens with zero attached hydrogens (tertiary/aromatic N) is 1. The van der Waals surface area contributed by atoms with E-state index in [0.29, 0.717) is 18.3 Å². The lowest BCUT2D eigenvalue weighted by atomic mass is 10.6. The predicted molar refractivity (Wildman–Crippen MR) is 61.7 cm³/mol. The summed E-state index contributed by atoms with van der Waals surface area (Å²) < 4.78 is 9.86. The monoisotopic (exact) mass is 245 g/mol. The van der Waals surface area contributed by atoms with Gasteiger partial charge in [-0.05, 0) is 6.92 Å². The number of urea groups is 1. The zero-order valence-electron chi connectivity index (χ0n) is 9.28. The summed E-state index contributed by atoms with van der Waals surface area (Å²) in [4.78, 5) is 15.4. The highest BCUT2D eigenvalue weighted by atomic mass is 32.1. The van der Waals surface area contributed by atoms with E-state index < -0.39 is 0 Å². The first-order valence-electron chi connectivity index (χ1n) is 4.76. The van der Waals surface area contributed by atoms with Crippen molar-refractivity contribution in [3.8, 4) is 0 Å². The highest BCUT2D eigenvalue weighted by Crippen LogP contribution is 2.13. The number of aromatic nitrogens is 1. The smallest absolute Gasteiger partial charge is 0.322 e. The summed E-state index contributed by atoms with van der Waals surface area (Å²) in [7, 11) is 1.59. The zero-order chi connectivity index (χ0) is 11.8. The van der Waals surface area contributed by atoms with Gasteiger partial charge in [0.25, 0.3) is 0 Å². The number of rotatable bonds is 6. The number of anilines is 1. The maximum Gasteiger partial charge on any atom is 0.322 e. The van der Waals surface area contributed by atoms with Crippen molar-refractivity contribution < 1.29 is 14.3 Å². The number of carbonyl (C=O) groups is 1. The maximum atomic E-state index is 11.3. The molecule has 0 unspecified atom stereocenters. The van der Waals surface area contributed by atoms with E-state index in [4.69, 9.17) is 9.47 Å². The Morgan fingerprint density at radius 1 is 1.56 bits per heavy atom. The first-order chi connectivity index (χ1) is 7.72. The van der Waals surface area contributed by atoms with Crippen LogP contribution in [0.5, 0.6) is 0 Å². The SMILES string of the molecule is COCCOCNC(=O)Nc1nc(C)cs1. The van der Waals surface area contributed by atoms with Crippen LogP contribution in [0.2, 0.25) is 0 Å². The fraction of sp³-hybridized carbons (Fsp3) is 0.556. The summed E-state index contributed by atoms with van der Waals surface area (Å²) in [5, 5.41) is 7.58. The van der Waals surface area contributed by atoms with Gasteiger partial charge in [0.1, 0.15) is 6.73 Å². The van der Waals surface area contributed by atoms with Gasteiger partial charge in [-0.15, -0.1) is 11.3 Å². The largest absolute Gasteiger partial charge is 0.382 e. The van der Waals surface area contributed by atoms with Crippen LogP contribution < -0.4 is 10.6 Å². The number of amides is 2. The minimum absolute atomic E-state index is 0.152. The summed E-state index contributed by atoms with van der Waals surface area (Å²) in [6.07, 6.45) is 0. The number of carbonyl (C=O) groups excluding carboxylic acids is 1. The summed E-state index contributed by atoms with van der Waals surface area (Å²) in [6, 6.07) is -0.327. The normalized spacial score (nSPS) is 10.1. The van der Waals surface area contributed by atoms with Gasteiger partial charge in [-0.2, -0.15) is 0 Å². The predicted octanol–water partition coefficient (Wildman–Crippen LogP) is 1.19. The van der Waals surface area contributed by atoms with E-state index in [0.717, 1.165) is 5.69 Å². The molecule has 2 N–H and O–H groups in total. The van der Waals surface area contributed by atoms with Gasteiger partial charge in [0.15, 0.2) is 5.13 Å². The topological polar surface area (TPSA) is 72.5 Å². The first-order valence-corrected chi connectivity index (χ1v) is 5.64.